The lowest BCUT2D eigenvalue weighted by Gasteiger charge is -2.17. The van der Waals surface area contributed by atoms with E-state index in [0.29, 0.717) is 17.5 Å². The Morgan fingerprint density at radius 1 is 1.14 bits per heavy atom. The molecule has 0 bridgehead atoms. The predicted molar refractivity (Wildman–Crippen MR) is 137 cm³/mol. The summed E-state index contributed by atoms with van der Waals surface area (Å²) in [6, 6.07) is 3.77. The molecule has 4 atom stereocenters. The number of aromatic carboxylic acids is 1. The summed E-state index contributed by atoms with van der Waals surface area (Å²) < 4.78 is 6.35. The van der Waals surface area contributed by atoms with Crippen LogP contribution in [0.3, 0.4) is 0 Å². The maximum atomic E-state index is 12.1. The van der Waals surface area contributed by atoms with Gasteiger partial charge in [-0.05, 0) is 70.8 Å². The van der Waals surface area contributed by atoms with Crippen LogP contribution in [-0.2, 0) is 16.0 Å². The first-order valence-corrected chi connectivity index (χ1v) is 11.9. The third-order valence-corrected chi connectivity index (χ3v) is 6.05. The lowest BCUT2D eigenvalue weighted by Crippen LogP contribution is -2.39. The number of benzene rings is 1. The first-order chi connectivity index (χ1) is 17.4. The van der Waals surface area contributed by atoms with Crippen LogP contribution in [0.4, 0.5) is 0 Å². The quantitative estimate of drug-likeness (QED) is 0.238. The second-order valence-corrected chi connectivity index (χ2v) is 9.00. The molecule has 37 heavy (non-hydrogen) atoms. The van der Waals surface area contributed by atoms with Gasteiger partial charge in [-0.1, -0.05) is 24.3 Å². The second-order valence-electron chi connectivity index (χ2n) is 9.00. The van der Waals surface area contributed by atoms with Gasteiger partial charge in [0.05, 0.1) is 5.56 Å². The summed E-state index contributed by atoms with van der Waals surface area (Å²) in [6.45, 7) is 9.73. The SMILES string of the molecule is C=CC(=O)C1OC(n2cc(CCCCNC)c(=O)[nH]c2=O)C(O)C1O.Cc1cc(C)c(C(=O)O)c(C)c1. The lowest BCUT2D eigenvalue weighted by molar-refractivity contribution is -0.130. The largest absolute Gasteiger partial charge is 0.478 e. The first kappa shape index (κ1) is 29.8. The summed E-state index contributed by atoms with van der Waals surface area (Å²) in [7, 11) is 1.83. The molecule has 1 aromatic heterocycles. The fraction of sp³-hybridized carbons (Fsp3) is 0.462. The van der Waals surface area contributed by atoms with E-state index >= 15 is 0 Å². The van der Waals surface area contributed by atoms with Gasteiger partial charge in [-0.3, -0.25) is 19.1 Å². The molecule has 1 aliphatic heterocycles. The van der Waals surface area contributed by atoms with Gasteiger partial charge < -0.3 is 25.4 Å². The number of carboxylic acids is 1. The highest BCUT2D eigenvalue weighted by Crippen LogP contribution is 2.29. The molecule has 0 spiro atoms. The van der Waals surface area contributed by atoms with Gasteiger partial charge in [-0.2, -0.15) is 0 Å². The normalized spacial score (nSPS) is 20.7. The number of rotatable bonds is 9. The van der Waals surface area contributed by atoms with Gasteiger partial charge >= 0.3 is 11.7 Å². The average Bonchev–Trinajstić information content (AvgIpc) is 3.11. The van der Waals surface area contributed by atoms with Gasteiger partial charge in [-0.15, -0.1) is 0 Å². The van der Waals surface area contributed by atoms with Crippen LogP contribution in [0.2, 0.25) is 0 Å². The second kappa shape index (κ2) is 13.2. The Morgan fingerprint density at radius 2 is 1.76 bits per heavy atom. The van der Waals surface area contributed by atoms with E-state index in [1.165, 1.54) is 6.20 Å². The highest BCUT2D eigenvalue weighted by atomic mass is 16.6. The summed E-state index contributed by atoms with van der Waals surface area (Å²) >= 11 is 0. The number of unbranched alkanes of at least 4 members (excludes halogenated alkanes) is 1. The molecule has 11 heteroatoms. The molecule has 1 aromatic carbocycles. The number of carbonyl (C=O) groups excluding carboxylic acids is 1. The van der Waals surface area contributed by atoms with Gasteiger partial charge in [0.25, 0.3) is 5.56 Å². The molecule has 0 radical (unpaired) electrons. The Morgan fingerprint density at radius 3 is 2.30 bits per heavy atom. The molecule has 3 rings (SSSR count). The highest BCUT2D eigenvalue weighted by Gasteiger charge is 2.46. The predicted octanol–water partition coefficient (Wildman–Crippen LogP) is 0.763. The molecule has 11 nitrogen and oxygen atoms in total. The number of hydrogen-bond donors (Lipinski definition) is 5. The number of nitrogens with one attached hydrogen (secondary N) is 2. The Bertz CT molecular complexity index is 1230. The third kappa shape index (κ3) is 7.32. The number of aromatic nitrogens is 2. The van der Waals surface area contributed by atoms with Crippen molar-refractivity contribution in [2.45, 2.75) is 64.6 Å². The van der Waals surface area contributed by atoms with E-state index in [-0.39, 0.29) is 0 Å². The Balaban J connectivity index is 0.000000335. The smallest absolute Gasteiger partial charge is 0.336 e. The maximum Gasteiger partial charge on any atom is 0.336 e. The number of ketones is 1. The summed E-state index contributed by atoms with van der Waals surface area (Å²) in [6.07, 6.45) is -1.25. The molecule has 0 amide bonds. The van der Waals surface area contributed by atoms with Gasteiger partial charge in [-0.25, -0.2) is 9.59 Å². The van der Waals surface area contributed by atoms with Crippen LogP contribution in [0.25, 0.3) is 0 Å². The van der Waals surface area contributed by atoms with Crippen molar-refractivity contribution < 1.29 is 29.6 Å². The van der Waals surface area contributed by atoms with Crippen molar-refractivity contribution >= 4 is 11.8 Å². The number of aromatic amines is 1. The lowest BCUT2D eigenvalue weighted by atomic mass is 10.0. The minimum absolute atomic E-state index is 0.361. The van der Waals surface area contributed by atoms with Crippen molar-refractivity contribution in [2.75, 3.05) is 13.6 Å². The van der Waals surface area contributed by atoms with Crippen molar-refractivity contribution in [3.05, 3.63) is 79.6 Å². The van der Waals surface area contributed by atoms with E-state index in [1.54, 1.807) is 0 Å². The van der Waals surface area contributed by atoms with Crippen LogP contribution in [0.15, 0.2) is 40.6 Å². The fourth-order valence-electron chi connectivity index (χ4n) is 4.27. The summed E-state index contributed by atoms with van der Waals surface area (Å²) in [5.74, 6) is -1.44. The number of H-pyrrole nitrogens is 1. The summed E-state index contributed by atoms with van der Waals surface area (Å²) in [5.41, 5.74) is 2.28. The van der Waals surface area contributed by atoms with Crippen LogP contribution in [0, 0.1) is 20.8 Å². The van der Waals surface area contributed by atoms with E-state index in [4.69, 9.17) is 9.84 Å². The fourth-order valence-corrected chi connectivity index (χ4v) is 4.27. The number of carboxylic acid groups (broad SMARTS) is 1. The Labute approximate surface area is 214 Å². The van der Waals surface area contributed by atoms with Crippen molar-refractivity contribution in [3.63, 3.8) is 0 Å². The number of aryl methyl sites for hydroxylation is 4. The molecular formula is C26H35N3O8. The van der Waals surface area contributed by atoms with E-state index in [1.807, 2.05) is 40.0 Å². The molecule has 5 N–H and O–H groups in total. The highest BCUT2D eigenvalue weighted by molar-refractivity contribution is 5.93. The van der Waals surface area contributed by atoms with Crippen molar-refractivity contribution in [2.24, 2.45) is 0 Å². The maximum absolute atomic E-state index is 12.1. The molecule has 202 valence electrons. The number of hydrogen-bond acceptors (Lipinski definition) is 8. The molecule has 1 fully saturated rings. The number of aliphatic hydroxyl groups excluding tert-OH is 2. The van der Waals surface area contributed by atoms with E-state index in [9.17, 15) is 29.4 Å². The molecular weight excluding hydrogens is 482 g/mol. The van der Waals surface area contributed by atoms with Crippen LogP contribution in [-0.4, -0.2) is 68.5 Å². The van der Waals surface area contributed by atoms with E-state index < -0.39 is 47.5 Å². The number of aliphatic hydroxyl groups is 2. The average molecular weight is 518 g/mol. The topological polar surface area (TPSA) is 171 Å². The molecule has 4 unspecified atom stereocenters. The van der Waals surface area contributed by atoms with Gasteiger partial charge in [0.1, 0.15) is 12.2 Å². The zero-order valence-corrected chi connectivity index (χ0v) is 21.5. The first-order valence-electron chi connectivity index (χ1n) is 11.9. The Kier molecular flexibility index (Phi) is 10.7. The molecule has 2 aromatic rings. The monoisotopic (exact) mass is 517 g/mol. The summed E-state index contributed by atoms with van der Waals surface area (Å²) in [5, 5.41) is 31.9. The number of carbonyl (C=O) groups is 2. The van der Waals surface area contributed by atoms with Crippen LogP contribution >= 0.6 is 0 Å². The number of nitrogens with zero attached hydrogens (tertiary/aromatic N) is 1. The molecule has 1 saturated heterocycles. The standard InChI is InChI=1S/C16H23N3O6.C10H12O2/c1-3-10(20)13-11(21)12(22)15(25-13)19-8-9(6-4-5-7-17-2)14(23)18-16(19)24;1-6-4-7(2)9(10(11)12)8(3)5-6/h3,8,11-13,15,17,21-22H,1,4-7H2,2H3,(H,18,23,24);4-5H,1-3H3,(H,11,12). The molecule has 0 aliphatic carbocycles. The van der Waals surface area contributed by atoms with Crippen LogP contribution in [0.5, 0.6) is 0 Å². The molecule has 0 saturated carbocycles. The van der Waals surface area contributed by atoms with Crippen molar-refractivity contribution in [3.8, 4) is 0 Å². The van der Waals surface area contributed by atoms with Gasteiger partial charge in [0.2, 0.25) is 0 Å². The van der Waals surface area contributed by atoms with E-state index in [0.717, 1.165) is 46.7 Å². The minimum atomic E-state index is -1.49. The van der Waals surface area contributed by atoms with Crippen LogP contribution < -0.4 is 16.6 Å². The third-order valence-electron chi connectivity index (χ3n) is 6.05. The van der Waals surface area contributed by atoms with Crippen molar-refractivity contribution in [1.29, 1.82) is 0 Å². The van der Waals surface area contributed by atoms with Crippen molar-refractivity contribution in [1.82, 2.24) is 14.9 Å². The van der Waals surface area contributed by atoms with E-state index in [2.05, 4.69) is 16.9 Å². The molecule has 2 heterocycles. The summed E-state index contributed by atoms with van der Waals surface area (Å²) in [4.78, 5) is 48.6. The molecule has 1 aliphatic rings. The minimum Gasteiger partial charge on any atom is -0.478 e. The Hall–Kier alpha value is -3.38. The van der Waals surface area contributed by atoms with Crippen LogP contribution in [0.1, 0.15) is 51.7 Å². The van der Waals surface area contributed by atoms with Gasteiger partial charge in [0, 0.05) is 11.8 Å². The zero-order chi connectivity index (χ0) is 27.9. The van der Waals surface area contributed by atoms with Gasteiger partial charge in [0.15, 0.2) is 18.1 Å². The number of ether oxygens (including phenoxy) is 1. The zero-order valence-electron chi connectivity index (χ0n) is 21.5.